The molecule has 0 spiro atoms. The van der Waals surface area contributed by atoms with E-state index < -0.39 is 0 Å². The highest BCUT2D eigenvalue weighted by atomic mass is 16.5. The number of ether oxygens (including phenoxy) is 1. The molecule has 0 radical (unpaired) electrons. The fraction of sp³-hybridized carbons (Fsp3) is 0.533. The second-order valence-electron chi connectivity index (χ2n) is 5.00. The maximum absolute atomic E-state index is 10.8. The lowest BCUT2D eigenvalue weighted by Gasteiger charge is -2.34. The molecule has 1 atom stereocenters. The zero-order chi connectivity index (χ0) is 13.0. The van der Waals surface area contributed by atoms with Gasteiger partial charge in [-0.25, -0.2) is 0 Å². The van der Waals surface area contributed by atoms with Crippen LogP contribution in [0.25, 0.3) is 0 Å². The van der Waals surface area contributed by atoms with Crippen LogP contribution in [-0.4, -0.2) is 37.5 Å². The minimum Gasteiger partial charge on any atom is -0.383 e. The summed E-state index contributed by atoms with van der Waals surface area (Å²) in [4.78, 5) is 13.1. The molecule has 0 saturated heterocycles. The first-order valence-electron chi connectivity index (χ1n) is 6.49. The highest BCUT2D eigenvalue weighted by Crippen LogP contribution is 2.22. The van der Waals surface area contributed by atoms with E-state index in [-0.39, 0.29) is 6.04 Å². The molecule has 0 N–H and O–H groups in total. The Balaban J connectivity index is 2.11. The number of aldehydes is 1. The number of hydrogen-bond donors (Lipinski definition) is 0. The minimum atomic E-state index is 0.209. The van der Waals surface area contributed by atoms with Crippen LogP contribution >= 0.6 is 0 Å². The highest BCUT2D eigenvalue weighted by Gasteiger charge is 2.23. The smallest absolute Gasteiger partial charge is 0.121 e. The van der Waals surface area contributed by atoms with E-state index in [1.165, 1.54) is 16.7 Å². The third-order valence-corrected chi connectivity index (χ3v) is 3.65. The first-order valence-corrected chi connectivity index (χ1v) is 6.49. The molecule has 0 aliphatic carbocycles. The van der Waals surface area contributed by atoms with Gasteiger partial charge in [-0.15, -0.1) is 0 Å². The van der Waals surface area contributed by atoms with Crippen molar-refractivity contribution in [3.05, 3.63) is 34.9 Å². The van der Waals surface area contributed by atoms with Gasteiger partial charge >= 0.3 is 0 Å². The largest absolute Gasteiger partial charge is 0.383 e. The number of carbonyl (C=O) groups excluding carboxylic acids is 1. The number of nitrogens with zero attached hydrogens (tertiary/aromatic N) is 1. The molecule has 18 heavy (non-hydrogen) atoms. The molecule has 1 aliphatic rings. The Kier molecular flexibility index (Phi) is 4.50. The molecule has 3 nitrogen and oxygen atoms in total. The predicted molar refractivity (Wildman–Crippen MR) is 71.6 cm³/mol. The van der Waals surface area contributed by atoms with Crippen LogP contribution in [0, 0.1) is 6.92 Å². The Morgan fingerprint density at radius 1 is 1.44 bits per heavy atom. The van der Waals surface area contributed by atoms with Crippen molar-refractivity contribution < 1.29 is 9.53 Å². The number of hydrogen-bond acceptors (Lipinski definition) is 3. The van der Waals surface area contributed by atoms with Gasteiger partial charge in [0.05, 0.1) is 6.61 Å². The van der Waals surface area contributed by atoms with Crippen LogP contribution in [0.2, 0.25) is 0 Å². The number of fused-ring (bicyclic) bond motifs is 1. The molecule has 1 unspecified atom stereocenters. The maximum atomic E-state index is 10.8. The van der Waals surface area contributed by atoms with Gasteiger partial charge in [0.25, 0.3) is 0 Å². The average molecular weight is 247 g/mol. The molecule has 0 amide bonds. The first-order chi connectivity index (χ1) is 8.74. The third kappa shape index (κ3) is 2.98. The average Bonchev–Trinajstić information content (AvgIpc) is 2.37. The normalized spacial score (nSPS) is 17.2. The monoisotopic (exact) mass is 247 g/mol. The van der Waals surface area contributed by atoms with Gasteiger partial charge in [-0.3, -0.25) is 4.90 Å². The summed E-state index contributed by atoms with van der Waals surface area (Å²) in [6.07, 6.45) is 2.61. The van der Waals surface area contributed by atoms with Crippen LogP contribution in [0.4, 0.5) is 0 Å². The van der Waals surface area contributed by atoms with Crippen molar-refractivity contribution in [3.63, 3.8) is 0 Å². The topological polar surface area (TPSA) is 29.5 Å². The molecule has 0 aromatic heterocycles. The molecule has 0 bridgehead atoms. The molecular formula is C15H21NO2. The zero-order valence-corrected chi connectivity index (χ0v) is 11.2. The van der Waals surface area contributed by atoms with Crippen LogP contribution in [-0.2, 0) is 22.5 Å². The molecule has 3 heteroatoms. The van der Waals surface area contributed by atoms with Crippen LogP contribution < -0.4 is 0 Å². The van der Waals surface area contributed by atoms with Gasteiger partial charge in [0.15, 0.2) is 0 Å². The first kappa shape index (κ1) is 13.2. The molecule has 0 fully saturated rings. The van der Waals surface area contributed by atoms with Crippen molar-refractivity contribution in [1.29, 1.82) is 0 Å². The van der Waals surface area contributed by atoms with Gasteiger partial charge < -0.3 is 9.53 Å². The van der Waals surface area contributed by atoms with E-state index in [4.69, 9.17) is 4.74 Å². The summed E-state index contributed by atoms with van der Waals surface area (Å²) in [6.45, 7) is 4.69. The lowest BCUT2D eigenvalue weighted by atomic mass is 9.96. The van der Waals surface area contributed by atoms with Crippen molar-refractivity contribution >= 4 is 6.29 Å². The van der Waals surface area contributed by atoms with Crippen molar-refractivity contribution in [2.24, 2.45) is 0 Å². The molecule has 1 aliphatic heterocycles. The summed E-state index contributed by atoms with van der Waals surface area (Å²) < 4.78 is 5.22. The van der Waals surface area contributed by atoms with Crippen LogP contribution in [0.3, 0.4) is 0 Å². The number of carbonyl (C=O) groups is 1. The van der Waals surface area contributed by atoms with Gasteiger partial charge in [-0.2, -0.15) is 0 Å². The van der Waals surface area contributed by atoms with Crippen molar-refractivity contribution in [1.82, 2.24) is 4.90 Å². The fourth-order valence-electron chi connectivity index (χ4n) is 2.65. The Bertz CT molecular complexity index is 417. The Morgan fingerprint density at radius 3 is 3.00 bits per heavy atom. The van der Waals surface area contributed by atoms with E-state index in [0.29, 0.717) is 13.0 Å². The van der Waals surface area contributed by atoms with Gasteiger partial charge in [0, 0.05) is 32.7 Å². The lowest BCUT2D eigenvalue weighted by molar-refractivity contribution is -0.109. The van der Waals surface area contributed by atoms with E-state index >= 15 is 0 Å². The summed E-state index contributed by atoms with van der Waals surface area (Å²) in [5.41, 5.74) is 4.14. The standard InChI is InChI=1S/C15H21NO2/c1-12-3-4-13-5-7-16(10-14(13)9-12)15(6-8-17)11-18-2/h3-4,8-9,15H,5-7,10-11H2,1-2H3. The third-order valence-electron chi connectivity index (χ3n) is 3.65. The molecule has 1 aromatic carbocycles. The summed E-state index contributed by atoms with van der Waals surface area (Å²) in [7, 11) is 1.69. The Hall–Kier alpha value is -1.19. The molecule has 1 aromatic rings. The van der Waals surface area contributed by atoms with E-state index in [1.807, 2.05) is 0 Å². The van der Waals surface area contributed by atoms with Gasteiger partial charge in [0.2, 0.25) is 0 Å². The number of aryl methyl sites for hydroxylation is 1. The SMILES string of the molecule is COCC(CC=O)N1CCc2ccc(C)cc2C1. The Labute approximate surface area is 109 Å². The van der Waals surface area contributed by atoms with E-state index in [0.717, 1.165) is 25.8 Å². The number of rotatable bonds is 5. The quantitative estimate of drug-likeness (QED) is 0.745. The van der Waals surface area contributed by atoms with Crippen molar-refractivity contribution in [2.45, 2.75) is 32.4 Å². The van der Waals surface area contributed by atoms with Gasteiger partial charge in [0.1, 0.15) is 6.29 Å². The van der Waals surface area contributed by atoms with E-state index in [9.17, 15) is 4.79 Å². The number of benzene rings is 1. The van der Waals surface area contributed by atoms with Gasteiger partial charge in [-0.05, 0) is 24.5 Å². The second-order valence-corrected chi connectivity index (χ2v) is 5.00. The fourth-order valence-corrected chi connectivity index (χ4v) is 2.65. The summed E-state index contributed by atoms with van der Waals surface area (Å²) in [5, 5.41) is 0. The molecule has 1 heterocycles. The summed E-state index contributed by atoms with van der Waals surface area (Å²) >= 11 is 0. The summed E-state index contributed by atoms with van der Waals surface area (Å²) in [6, 6.07) is 6.87. The molecule has 0 saturated carbocycles. The minimum absolute atomic E-state index is 0.209. The van der Waals surface area contributed by atoms with E-state index in [2.05, 4.69) is 30.0 Å². The zero-order valence-electron chi connectivity index (χ0n) is 11.2. The summed E-state index contributed by atoms with van der Waals surface area (Å²) in [5.74, 6) is 0. The maximum Gasteiger partial charge on any atom is 0.121 e. The number of methoxy groups -OCH3 is 1. The van der Waals surface area contributed by atoms with Gasteiger partial charge in [-0.1, -0.05) is 23.8 Å². The lowest BCUT2D eigenvalue weighted by Crippen LogP contribution is -2.42. The van der Waals surface area contributed by atoms with E-state index in [1.54, 1.807) is 7.11 Å². The highest BCUT2D eigenvalue weighted by molar-refractivity contribution is 5.50. The molecule has 2 rings (SSSR count). The van der Waals surface area contributed by atoms with Crippen LogP contribution in [0.15, 0.2) is 18.2 Å². The predicted octanol–water partition coefficient (Wildman–Crippen LogP) is 1.96. The Morgan fingerprint density at radius 2 is 2.28 bits per heavy atom. The van der Waals surface area contributed by atoms with Crippen molar-refractivity contribution in [3.8, 4) is 0 Å². The second kappa shape index (κ2) is 6.12. The van der Waals surface area contributed by atoms with Crippen LogP contribution in [0.5, 0.6) is 0 Å². The van der Waals surface area contributed by atoms with Crippen molar-refractivity contribution in [2.75, 3.05) is 20.3 Å². The molecular weight excluding hydrogens is 226 g/mol. The molecule has 98 valence electrons. The van der Waals surface area contributed by atoms with Crippen LogP contribution in [0.1, 0.15) is 23.1 Å².